The Hall–Kier alpha value is -0.870. The molecule has 1 atom stereocenters. The summed E-state index contributed by atoms with van der Waals surface area (Å²) in [6, 6.07) is 6.11. The SMILES string of the molecule is CC(C)c1cc(Br)ccc1N1CC(CN)CC1=O. The molecule has 3 nitrogen and oxygen atoms in total. The Morgan fingerprint density at radius 1 is 1.50 bits per heavy atom. The minimum Gasteiger partial charge on any atom is -0.330 e. The second kappa shape index (κ2) is 5.41. The normalized spacial score (nSPS) is 19.9. The molecular weight excluding hydrogens is 292 g/mol. The first-order valence-corrected chi connectivity index (χ1v) is 7.12. The van der Waals surface area contributed by atoms with Crippen LogP contribution in [0.4, 0.5) is 5.69 Å². The Morgan fingerprint density at radius 2 is 2.22 bits per heavy atom. The van der Waals surface area contributed by atoms with Gasteiger partial charge < -0.3 is 10.6 Å². The van der Waals surface area contributed by atoms with E-state index in [2.05, 4.69) is 35.8 Å². The molecule has 1 amide bonds. The van der Waals surface area contributed by atoms with Crippen molar-refractivity contribution in [2.45, 2.75) is 26.2 Å². The third-order valence-electron chi connectivity index (χ3n) is 3.44. The molecule has 18 heavy (non-hydrogen) atoms. The summed E-state index contributed by atoms with van der Waals surface area (Å²) in [4.78, 5) is 14.0. The minimum atomic E-state index is 0.190. The molecule has 1 fully saturated rings. The van der Waals surface area contributed by atoms with Crippen molar-refractivity contribution in [1.82, 2.24) is 0 Å². The summed E-state index contributed by atoms with van der Waals surface area (Å²) in [5.74, 6) is 0.873. The number of carbonyl (C=O) groups is 1. The zero-order chi connectivity index (χ0) is 13.3. The van der Waals surface area contributed by atoms with Crippen LogP contribution in [0.5, 0.6) is 0 Å². The lowest BCUT2D eigenvalue weighted by Crippen LogP contribution is -2.27. The Bertz CT molecular complexity index is 459. The van der Waals surface area contributed by atoms with Gasteiger partial charge in [0, 0.05) is 23.1 Å². The second-order valence-electron chi connectivity index (χ2n) is 5.17. The van der Waals surface area contributed by atoms with Crippen molar-refractivity contribution in [3.05, 3.63) is 28.2 Å². The molecule has 0 saturated carbocycles. The van der Waals surface area contributed by atoms with Gasteiger partial charge in [-0.2, -0.15) is 0 Å². The molecule has 0 spiro atoms. The fraction of sp³-hybridized carbons (Fsp3) is 0.500. The molecule has 1 heterocycles. The molecular formula is C14H19BrN2O. The topological polar surface area (TPSA) is 46.3 Å². The Kier molecular flexibility index (Phi) is 4.07. The van der Waals surface area contributed by atoms with Crippen LogP contribution in [-0.2, 0) is 4.79 Å². The maximum Gasteiger partial charge on any atom is 0.227 e. The molecule has 1 saturated heterocycles. The molecule has 1 aliphatic rings. The summed E-state index contributed by atoms with van der Waals surface area (Å²) < 4.78 is 1.05. The zero-order valence-corrected chi connectivity index (χ0v) is 12.4. The zero-order valence-electron chi connectivity index (χ0n) is 10.8. The van der Waals surface area contributed by atoms with Crippen LogP contribution in [0.15, 0.2) is 22.7 Å². The van der Waals surface area contributed by atoms with E-state index in [-0.39, 0.29) is 5.91 Å². The van der Waals surface area contributed by atoms with Crippen molar-refractivity contribution >= 4 is 27.5 Å². The largest absolute Gasteiger partial charge is 0.330 e. The fourth-order valence-corrected chi connectivity index (χ4v) is 2.78. The molecule has 4 heteroatoms. The molecule has 1 aromatic carbocycles. The molecule has 0 radical (unpaired) electrons. The van der Waals surface area contributed by atoms with Crippen LogP contribution in [0.1, 0.15) is 31.7 Å². The maximum absolute atomic E-state index is 12.1. The summed E-state index contributed by atoms with van der Waals surface area (Å²) in [6.45, 7) is 5.62. The second-order valence-corrected chi connectivity index (χ2v) is 6.08. The minimum absolute atomic E-state index is 0.190. The Labute approximate surface area is 116 Å². The number of hydrogen-bond donors (Lipinski definition) is 1. The Balaban J connectivity index is 2.36. The number of rotatable bonds is 3. The van der Waals surface area contributed by atoms with E-state index in [4.69, 9.17) is 5.73 Å². The van der Waals surface area contributed by atoms with Gasteiger partial charge in [-0.05, 0) is 42.1 Å². The van der Waals surface area contributed by atoms with Gasteiger partial charge in [-0.3, -0.25) is 4.79 Å². The summed E-state index contributed by atoms with van der Waals surface area (Å²) >= 11 is 3.49. The van der Waals surface area contributed by atoms with E-state index in [9.17, 15) is 4.79 Å². The number of benzene rings is 1. The van der Waals surface area contributed by atoms with Gasteiger partial charge >= 0.3 is 0 Å². The standard InChI is InChI=1S/C14H19BrN2O/c1-9(2)12-6-11(15)3-4-13(12)17-8-10(7-16)5-14(17)18/h3-4,6,9-10H,5,7-8,16H2,1-2H3. The lowest BCUT2D eigenvalue weighted by molar-refractivity contribution is -0.117. The maximum atomic E-state index is 12.1. The first kappa shape index (κ1) is 13.6. The van der Waals surface area contributed by atoms with Gasteiger partial charge in [0.25, 0.3) is 0 Å². The predicted molar refractivity (Wildman–Crippen MR) is 77.7 cm³/mol. The molecule has 1 aromatic rings. The smallest absolute Gasteiger partial charge is 0.227 e. The molecule has 0 aliphatic carbocycles. The van der Waals surface area contributed by atoms with Crippen LogP contribution in [0.2, 0.25) is 0 Å². The van der Waals surface area contributed by atoms with Crippen LogP contribution in [0.25, 0.3) is 0 Å². The van der Waals surface area contributed by atoms with E-state index in [0.717, 1.165) is 16.7 Å². The first-order valence-electron chi connectivity index (χ1n) is 6.32. The average molecular weight is 311 g/mol. The lowest BCUT2D eigenvalue weighted by Gasteiger charge is -2.22. The number of hydrogen-bond acceptors (Lipinski definition) is 2. The van der Waals surface area contributed by atoms with Crippen molar-refractivity contribution in [2.75, 3.05) is 18.0 Å². The monoisotopic (exact) mass is 310 g/mol. The molecule has 0 bridgehead atoms. The van der Waals surface area contributed by atoms with E-state index in [1.54, 1.807) is 0 Å². The van der Waals surface area contributed by atoms with Crippen molar-refractivity contribution in [1.29, 1.82) is 0 Å². The van der Waals surface area contributed by atoms with Crippen LogP contribution >= 0.6 is 15.9 Å². The quantitative estimate of drug-likeness (QED) is 0.933. The van der Waals surface area contributed by atoms with Crippen molar-refractivity contribution in [2.24, 2.45) is 11.7 Å². The van der Waals surface area contributed by atoms with Crippen molar-refractivity contribution in [3.63, 3.8) is 0 Å². The summed E-state index contributed by atoms with van der Waals surface area (Å²) in [7, 11) is 0. The Morgan fingerprint density at radius 3 is 2.78 bits per heavy atom. The van der Waals surface area contributed by atoms with Crippen LogP contribution in [-0.4, -0.2) is 19.0 Å². The highest BCUT2D eigenvalue weighted by molar-refractivity contribution is 9.10. The summed E-state index contributed by atoms with van der Waals surface area (Å²) in [6.07, 6.45) is 0.574. The van der Waals surface area contributed by atoms with Gasteiger partial charge in [0.2, 0.25) is 5.91 Å². The molecule has 0 aromatic heterocycles. The molecule has 2 N–H and O–H groups in total. The third-order valence-corrected chi connectivity index (χ3v) is 3.93. The fourth-order valence-electron chi connectivity index (χ4n) is 2.41. The van der Waals surface area contributed by atoms with Gasteiger partial charge in [-0.25, -0.2) is 0 Å². The highest BCUT2D eigenvalue weighted by atomic mass is 79.9. The number of nitrogens with two attached hydrogens (primary N) is 1. The van der Waals surface area contributed by atoms with Crippen molar-refractivity contribution < 1.29 is 4.79 Å². The van der Waals surface area contributed by atoms with Gasteiger partial charge in [-0.15, -0.1) is 0 Å². The van der Waals surface area contributed by atoms with E-state index in [0.29, 0.717) is 24.8 Å². The molecule has 98 valence electrons. The highest BCUT2D eigenvalue weighted by Gasteiger charge is 2.31. The molecule has 2 rings (SSSR count). The number of amides is 1. The first-order chi connectivity index (χ1) is 8.52. The van der Waals surface area contributed by atoms with Gasteiger partial charge in [0.05, 0.1) is 0 Å². The number of halogens is 1. The summed E-state index contributed by atoms with van der Waals surface area (Å²) in [5, 5.41) is 0. The van der Waals surface area contributed by atoms with Crippen LogP contribution < -0.4 is 10.6 Å². The third kappa shape index (κ3) is 2.59. The highest BCUT2D eigenvalue weighted by Crippen LogP contribution is 2.33. The predicted octanol–water partition coefficient (Wildman–Crippen LogP) is 2.88. The number of nitrogens with zero attached hydrogens (tertiary/aromatic N) is 1. The lowest BCUT2D eigenvalue weighted by atomic mass is 10.0. The van der Waals surface area contributed by atoms with Crippen molar-refractivity contribution in [3.8, 4) is 0 Å². The number of carbonyl (C=O) groups excluding carboxylic acids is 1. The summed E-state index contributed by atoms with van der Waals surface area (Å²) in [5.41, 5.74) is 7.91. The van der Waals surface area contributed by atoms with E-state index < -0.39 is 0 Å². The van der Waals surface area contributed by atoms with Crippen LogP contribution in [0.3, 0.4) is 0 Å². The average Bonchev–Trinajstić information content (AvgIpc) is 2.70. The molecule has 1 aliphatic heterocycles. The van der Waals surface area contributed by atoms with Crippen LogP contribution in [0, 0.1) is 5.92 Å². The van der Waals surface area contributed by atoms with Gasteiger partial charge in [-0.1, -0.05) is 29.8 Å². The van der Waals surface area contributed by atoms with E-state index in [1.165, 1.54) is 5.56 Å². The van der Waals surface area contributed by atoms with Gasteiger partial charge in [0.15, 0.2) is 0 Å². The van der Waals surface area contributed by atoms with E-state index >= 15 is 0 Å². The van der Waals surface area contributed by atoms with E-state index in [1.807, 2.05) is 17.0 Å². The molecule has 1 unspecified atom stereocenters. The number of anilines is 1. The van der Waals surface area contributed by atoms with Gasteiger partial charge in [0.1, 0.15) is 0 Å².